The molecule has 2 atom stereocenters. The number of rotatable bonds is 0. The molecule has 0 unspecified atom stereocenters. The van der Waals surface area contributed by atoms with Crippen LogP contribution >= 0.6 is 0 Å². The zero-order chi connectivity index (χ0) is 10.3. The number of aliphatic hydroxyl groups excluding tert-OH is 2. The van der Waals surface area contributed by atoms with E-state index in [1.54, 1.807) is 26.0 Å². The minimum atomic E-state index is -0.891. The van der Waals surface area contributed by atoms with Crippen LogP contribution in [0.5, 0.6) is 5.75 Å². The van der Waals surface area contributed by atoms with Crippen molar-refractivity contribution >= 4 is 0 Å². The van der Waals surface area contributed by atoms with E-state index in [2.05, 4.69) is 0 Å². The molecule has 1 aromatic rings. The van der Waals surface area contributed by atoms with Crippen molar-refractivity contribution in [2.45, 2.75) is 31.7 Å². The number of benzene rings is 1. The van der Waals surface area contributed by atoms with Crippen molar-refractivity contribution in [3.63, 3.8) is 0 Å². The van der Waals surface area contributed by atoms with Gasteiger partial charge < -0.3 is 14.9 Å². The number of ether oxygens (including phenoxy) is 1. The van der Waals surface area contributed by atoms with Crippen LogP contribution in [0.25, 0.3) is 0 Å². The molecule has 2 rings (SSSR count). The summed E-state index contributed by atoms with van der Waals surface area (Å²) >= 11 is 0. The molecule has 3 nitrogen and oxygen atoms in total. The van der Waals surface area contributed by atoms with Gasteiger partial charge in [-0.2, -0.15) is 0 Å². The first-order valence-corrected chi connectivity index (χ1v) is 4.66. The van der Waals surface area contributed by atoms with Crippen LogP contribution in [0.4, 0.5) is 0 Å². The first-order chi connectivity index (χ1) is 6.52. The van der Waals surface area contributed by atoms with Gasteiger partial charge in [0.25, 0.3) is 0 Å². The molecule has 2 N–H and O–H groups in total. The van der Waals surface area contributed by atoms with E-state index in [1.807, 2.05) is 12.1 Å². The van der Waals surface area contributed by atoms with Gasteiger partial charge in [0.15, 0.2) is 0 Å². The van der Waals surface area contributed by atoms with Crippen molar-refractivity contribution in [2.75, 3.05) is 0 Å². The molecule has 0 aromatic heterocycles. The highest BCUT2D eigenvalue weighted by molar-refractivity contribution is 5.38. The lowest BCUT2D eigenvalue weighted by molar-refractivity contribution is -0.111. The van der Waals surface area contributed by atoms with Crippen LogP contribution in [-0.4, -0.2) is 21.9 Å². The predicted molar refractivity (Wildman–Crippen MR) is 52.1 cm³/mol. The number of aliphatic hydroxyl groups is 2. The molecule has 1 aliphatic heterocycles. The van der Waals surface area contributed by atoms with Crippen molar-refractivity contribution < 1.29 is 14.9 Å². The molecule has 0 aliphatic carbocycles. The summed E-state index contributed by atoms with van der Waals surface area (Å²) in [6, 6.07) is 7.22. The smallest absolute Gasteiger partial charge is 0.132 e. The Balaban J connectivity index is 2.48. The molecule has 76 valence electrons. The normalized spacial score (nSPS) is 29.1. The molecule has 1 aromatic carbocycles. The van der Waals surface area contributed by atoms with Crippen LogP contribution in [0.15, 0.2) is 24.3 Å². The molecule has 1 heterocycles. The van der Waals surface area contributed by atoms with Crippen molar-refractivity contribution in [3.8, 4) is 5.75 Å². The lowest BCUT2D eigenvalue weighted by Crippen LogP contribution is -2.48. The molecular formula is C11H14O3. The standard InChI is InChI=1S/C11H14O3/c1-11(2)10(13)9(12)7-5-3-4-6-8(7)14-11/h3-6,9-10,12-13H,1-2H3/t9-,10+/m0/s1. The van der Waals surface area contributed by atoms with E-state index in [-0.39, 0.29) is 0 Å². The Morgan fingerprint density at radius 3 is 2.57 bits per heavy atom. The Bertz CT molecular complexity index is 346. The summed E-state index contributed by atoms with van der Waals surface area (Å²) in [5.74, 6) is 0.648. The van der Waals surface area contributed by atoms with Crippen LogP contribution in [0.3, 0.4) is 0 Å². The molecule has 0 amide bonds. The highest BCUT2D eigenvalue weighted by Gasteiger charge is 2.41. The second kappa shape index (κ2) is 2.97. The second-order valence-corrected chi connectivity index (χ2v) is 4.13. The zero-order valence-electron chi connectivity index (χ0n) is 8.27. The van der Waals surface area contributed by atoms with E-state index in [4.69, 9.17) is 4.74 Å². The van der Waals surface area contributed by atoms with E-state index >= 15 is 0 Å². The average molecular weight is 194 g/mol. The predicted octanol–water partition coefficient (Wildman–Crippen LogP) is 1.25. The third kappa shape index (κ3) is 1.29. The maximum Gasteiger partial charge on any atom is 0.132 e. The molecule has 1 aliphatic rings. The number of fused-ring (bicyclic) bond motifs is 1. The molecule has 0 radical (unpaired) electrons. The maximum absolute atomic E-state index is 9.84. The Hall–Kier alpha value is -1.06. The lowest BCUT2D eigenvalue weighted by Gasteiger charge is -2.39. The molecule has 0 spiro atoms. The summed E-state index contributed by atoms with van der Waals surface area (Å²) in [7, 11) is 0. The Labute approximate surface area is 83.0 Å². The summed E-state index contributed by atoms with van der Waals surface area (Å²) < 4.78 is 5.59. The third-order valence-corrected chi connectivity index (χ3v) is 2.62. The van der Waals surface area contributed by atoms with Gasteiger partial charge in [0.1, 0.15) is 23.6 Å². The first kappa shape index (κ1) is 9.49. The molecule has 0 fully saturated rings. The summed E-state index contributed by atoms with van der Waals surface area (Å²) in [5.41, 5.74) is -0.0901. The van der Waals surface area contributed by atoms with Crippen LogP contribution in [-0.2, 0) is 0 Å². The van der Waals surface area contributed by atoms with Crippen LogP contribution in [0, 0.1) is 0 Å². The van der Waals surface area contributed by atoms with E-state index in [0.717, 1.165) is 0 Å². The fourth-order valence-corrected chi connectivity index (χ4v) is 1.71. The van der Waals surface area contributed by atoms with Gasteiger partial charge in [-0.1, -0.05) is 18.2 Å². The van der Waals surface area contributed by atoms with E-state index in [9.17, 15) is 10.2 Å². The van der Waals surface area contributed by atoms with Gasteiger partial charge in [-0.15, -0.1) is 0 Å². The van der Waals surface area contributed by atoms with Crippen LogP contribution in [0.1, 0.15) is 25.5 Å². The number of hydrogen-bond acceptors (Lipinski definition) is 3. The largest absolute Gasteiger partial charge is 0.485 e. The van der Waals surface area contributed by atoms with Gasteiger partial charge in [-0.3, -0.25) is 0 Å². The summed E-state index contributed by atoms with van der Waals surface area (Å²) in [6.07, 6.45) is -1.76. The van der Waals surface area contributed by atoms with Crippen LogP contribution < -0.4 is 4.74 Å². The fourth-order valence-electron chi connectivity index (χ4n) is 1.71. The Morgan fingerprint density at radius 1 is 1.21 bits per heavy atom. The Morgan fingerprint density at radius 2 is 1.86 bits per heavy atom. The van der Waals surface area contributed by atoms with Crippen molar-refractivity contribution in [2.24, 2.45) is 0 Å². The average Bonchev–Trinajstić information content (AvgIpc) is 2.14. The zero-order valence-corrected chi connectivity index (χ0v) is 8.27. The SMILES string of the molecule is CC1(C)Oc2ccccc2[C@H](O)[C@H]1O. The van der Waals surface area contributed by atoms with Gasteiger partial charge >= 0.3 is 0 Å². The van der Waals surface area contributed by atoms with Gasteiger partial charge in [0.05, 0.1) is 0 Å². The van der Waals surface area contributed by atoms with Crippen molar-refractivity contribution in [1.29, 1.82) is 0 Å². The van der Waals surface area contributed by atoms with Gasteiger partial charge in [-0.05, 0) is 19.9 Å². The minimum absolute atomic E-state index is 0.648. The third-order valence-electron chi connectivity index (χ3n) is 2.62. The summed E-state index contributed by atoms with van der Waals surface area (Å²) in [4.78, 5) is 0. The van der Waals surface area contributed by atoms with E-state index in [1.165, 1.54) is 0 Å². The molecule has 0 saturated heterocycles. The maximum atomic E-state index is 9.84. The Kier molecular flexibility index (Phi) is 2.01. The van der Waals surface area contributed by atoms with Gasteiger partial charge in [0, 0.05) is 5.56 Å². The molecular weight excluding hydrogens is 180 g/mol. The molecule has 0 bridgehead atoms. The minimum Gasteiger partial charge on any atom is -0.485 e. The van der Waals surface area contributed by atoms with Crippen LogP contribution in [0.2, 0.25) is 0 Å². The lowest BCUT2D eigenvalue weighted by atomic mass is 9.89. The number of hydrogen-bond donors (Lipinski definition) is 2. The topological polar surface area (TPSA) is 49.7 Å². The molecule has 0 saturated carbocycles. The van der Waals surface area contributed by atoms with E-state index in [0.29, 0.717) is 11.3 Å². The summed E-state index contributed by atoms with van der Waals surface area (Å²) in [6.45, 7) is 3.52. The monoisotopic (exact) mass is 194 g/mol. The van der Waals surface area contributed by atoms with Crippen molar-refractivity contribution in [3.05, 3.63) is 29.8 Å². The quantitative estimate of drug-likeness (QED) is 0.653. The second-order valence-electron chi connectivity index (χ2n) is 4.13. The summed E-state index contributed by atoms with van der Waals surface area (Å²) in [5, 5.41) is 19.6. The highest BCUT2D eigenvalue weighted by atomic mass is 16.5. The van der Waals surface area contributed by atoms with E-state index < -0.39 is 17.8 Å². The molecule has 3 heteroatoms. The fraction of sp³-hybridized carbons (Fsp3) is 0.455. The molecule has 14 heavy (non-hydrogen) atoms. The highest BCUT2D eigenvalue weighted by Crippen LogP contribution is 2.39. The number of para-hydroxylation sites is 1. The van der Waals surface area contributed by atoms with Crippen molar-refractivity contribution in [1.82, 2.24) is 0 Å². The van der Waals surface area contributed by atoms with Gasteiger partial charge in [0.2, 0.25) is 0 Å². The van der Waals surface area contributed by atoms with Gasteiger partial charge in [-0.25, -0.2) is 0 Å². The first-order valence-electron chi connectivity index (χ1n) is 4.66.